The summed E-state index contributed by atoms with van der Waals surface area (Å²) < 4.78 is 0. The molecule has 1 heterocycles. The number of nitrogens with zero attached hydrogens (tertiary/aromatic N) is 1. The Morgan fingerprint density at radius 2 is 2.26 bits per heavy atom. The molecule has 19 heavy (non-hydrogen) atoms. The van der Waals surface area contributed by atoms with Crippen molar-refractivity contribution in [2.45, 2.75) is 32.7 Å². The molecule has 0 amide bonds. The van der Waals surface area contributed by atoms with Crippen LogP contribution in [0.25, 0.3) is 0 Å². The van der Waals surface area contributed by atoms with Gasteiger partial charge < -0.3 is 5.73 Å². The van der Waals surface area contributed by atoms with Gasteiger partial charge >= 0.3 is 0 Å². The van der Waals surface area contributed by atoms with Crippen LogP contribution in [0.5, 0.6) is 0 Å². The minimum atomic E-state index is 0.472. The van der Waals surface area contributed by atoms with Crippen molar-refractivity contribution in [3.8, 4) is 0 Å². The summed E-state index contributed by atoms with van der Waals surface area (Å²) in [5.74, 6) is 1.38. The monoisotopic (exact) mass is 280 g/mol. The first-order chi connectivity index (χ1) is 9.15. The highest BCUT2D eigenvalue weighted by atomic mass is 35.5. The molecule has 1 aliphatic rings. The van der Waals surface area contributed by atoms with Gasteiger partial charge in [0, 0.05) is 17.6 Å². The minimum Gasteiger partial charge on any atom is -0.330 e. The van der Waals surface area contributed by atoms with Gasteiger partial charge in [0.2, 0.25) is 0 Å². The van der Waals surface area contributed by atoms with Gasteiger partial charge in [0.25, 0.3) is 0 Å². The van der Waals surface area contributed by atoms with Gasteiger partial charge in [0.05, 0.1) is 0 Å². The predicted octanol–water partition coefficient (Wildman–Crippen LogP) is 3.71. The van der Waals surface area contributed by atoms with Crippen LogP contribution in [0.3, 0.4) is 0 Å². The van der Waals surface area contributed by atoms with Crippen LogP contribution >= 0.6 is 11.6 Å². The maximum atomic E-state index is 6.13. The number of piperidine rings is 1. The Hall–Kier alpha value is -0.570. The third-order valence-electron chi connectivity index (χ3n) is 4.51. The number of halogens is 1. The quantitative estimate of drug-likeness (QED) is 0.911. The van der Waals surface area contributed by atoms with E-state index in [0.29, 0.717) is 12.0 Å². The van der Waals surface area contributed by atoms with Gasteiger partial charge in [-0.3, -0.25) is 4.90 Å². The lowest BCUT2D eigenvalue weighted by atomic mass is 9.85. The van der Waals surface area contributed by atoms with Crippen LogP contribution in [-0.4, -0.2) is 24.5 Å². The van der Waals surface area contributed by atoms with Crippen molar-refractivity contribution in [3.63, 3.8) is 0 Å². The number of hydrogen-bond acceptors (Lipinski definition) is 2. The zero-order chi connectivity index (χ0) is 13.8. The maximum Gasteiger partial charge on any atom is 0.0409 e. The maximum absolute atomic E-state index is 6.13. The molecule has 1 aliphatic heterocycles. The Kier molecular flexibility index (Phi) is 5.26. The first-order valence-electron chi connectivity index (χ1n) is 7.35. The largest absolute Gasteiger partial charge is 0.330 e. The smallest absolute Gasteiger partial charge is 0.0409 e. The van der Waals surface area contributed by atoms with Gasteiger partial charge in [-0.1, -0.05) is 37.6 Å². The molecular weight excluding hydrogens is 256 g/mol. The fraction of sp³-hybridized carbons (Fsp3) is 0.625. The van der Waals surface area contributed by atoms with Crippen LogP contribution in [0, 0.1) is 11.8 Å². The average Bonchev–Trinajstić information content (AvgIpc) is 2.41. The summed E-state index contributed by atoms with van der Waals surface area (Å²) in [6.45, 7) is 7.66. The Morgan fingerprint density at radius 1 is 1.47 bits per heavy atom. The second-order valence-electron chi connectivity index (χ2n) is 5.74. The molecule has 0 aliphatic carbocycles. The van der Waals surface area contributed by atoms with Crippen LogP contribution in [0.15, 0.2) is 24.3 Å². The van der Waals surface area contributed by atoms with Crippen molar-refractivity contribution in [1.29, 1.82) is 0 Å². The van der Waals surface area contributed by atoms with Crippen molar-refractivity contribution >= 4 is 11.6 Å². The molecule has 106 valence electrons. The summed E-state index contributed by atoms with van der Waals surface area (Å²) in [5.41, 5.74) is 7.25. The lowest BCUT2D eigenvalue weighted by molar-refractivity contribution is 0.0885. The Bertz CT molecular complexity index is 407. The third-order valence-corrected chi connectivity index (χ3v) is 4.74. The van der Waals surface area contributed by atoms with Crippen molar-refractivity contribution in [3.05, 3.63) is 34.9 Å². The highest BCUT2D eigenvalue weighted by Crippen LogP contribution is 2.32. The van der Waals surface area contributed by atoms with Crippen LogP contribution in [0.4, 0.5) is 0 Å². The molecule has 0 aromatic heterocycles. The fourth-order valence-corrected chi connectivity index (χ4v) is 3.38. The summed E-state index contributed by atoms with van der Waals surface area (Å²) in [6.07, 6.45) is 2.37. The normalized spacial score (nSPS) is 26.3. The summed E-state index contributed by atoms with van der Waals surface area (Å²) in [4.78, 5) is 2.59. The predicted molar refractivity (Wildman–Crippen MR) is 82.4 cm³/mol. The molecule has 2 nitrogen and oxygen atoms in total. The molecule has 3 atom stereocenters. The number of hydrogen-bond donors (Lipinski definition) is 1. The second kappa shape index (κ2) is 6.74. The van der Waals surface area contributed by atoms with Crippen molar-refractivity contribution in [2.75, 3.05) is 19.6 Å². The van der Waals surface area contributed by atoms with Crippen LogP contribution in [0.1, 0.15) is 38.3 Å². The molecule has 0 spiro atoms. The van der Waals surface area contributed by atoms with Crippen LogP contribution in [0.2, 0.25) is 5.02 Å². The lowest BCUT2D eigenvalue weighted by Gasteiger charge is -2.41. The molecule has 1 aromatic carbocycles. The molecule has 3 heteroatoms. The Balaban J connectivity index is 2.14. The molecule has 0 saturated carbocycles. The number of benzene rings is 1. The molecule has 0 radical (unpaired) electrons. The first kappa shape index (κ1) is 14.8. The van der Waals surface area contributed by atoms with Crippen molar-refractivity contribution in [1.82, 2.24) is 4.90 Å². The van der Waals surface area contributed by atoms with Crippen LogP contribution in [-0.2, 0) is 0 Å². The number of rotatable bonds is 4. The van der Waals surface area contributed by atoms with Crippen LogP contribution < -0.4 is 5.73 Å². The summed E-state index contributed by atoms with van der Waals surface area (Å²) >= 11 is 6.13. The highest BCUT2D eigenvalue weighted by molar-refractivity contribution is 6.30. The van der Waals surface area contributed by atoms with Gasteiger partial charge in [-0.15, -0.1) is 0 Å². The van der Waals surface area contributed by atoms with E-state index in [-0.39, 0.29) is 0 Å². The molecular formula is C16H25ClN2. The van der Waals surface area contributed by atoms with Gasteiger partial charge in [-0.05, 0) is 55.5 Å². The summed E-state index contributed by atoms with van der Waals surface area (Å²) in [7, 11) is 0. The molecule has 1 saturated heterocycles. The van der Waals surface area contributed by atoms with E-state index in [1.807, 2.05) is 12.1 Å². The van der Waals surface area contributed by atoms with E-state index in [1.54, 1.807) is 0 Å². The molecule has 1 aromatic rings. The molecule has 2 N–H and O–H groups in total. The lowest BCUT2D eigenvalue weighted by Crippen LogP contribution is -2.44. The molecule has 1 fully saturated rings. The van der Waals surface area contributed by atoms with Crippen molar-refractivity contribution in [2.24, 2.45) is 17.6 Å². The second-order valence-corrected chi connectivity index (χ2v) is 6.17. The summed E-state index contributed by atoms with van der Waals surface area (Å²) in [5, 5.41) is 0.830. The SMILES string of the molecule is CCC(c1cccc(Cl)c1)N1CCC(C)C(CN)C1. The van der Waals surface area contributed by atoms with Gasteiger partial charge in [-0.25, -0.2) is 0 Å². The standard InChI is InChI=1S/C16H25ClN2/c1-3-16(13-5-4-6-15(17)9-13)19-8-7-12(2)14(10-18)11-19/h4-6,9,12,14,16H,3,7-8,10-11,18H2,1-2H3. The number of nitrogens with two attached hydrogens (primary N) is 1. The van der Waals surface area contributed by atoms with Crippen molar-refractivity contribution < 1.29 is 0 Å². The van der Waals surface area contributed by atoms with E-state index in [1.165, 1.54) is 18.5 Å². The van der Waals surface area contributed by atoms with E-state index in [9.17, 15) is 0 Å². The average molecular weight is 281 g/mol. The third kappa shape index (κ3) is 3.50. The molecule has 0 bridgehead atoms. The van der Waals surface area contributed by atoms with E-state index in [2.05, 4.69) is 30.9 Å². The van der Waals surface area contributed by atoms with Gasteiger partial charge in [-0.2, -0.15) is 0 Å². The zero-order valence-electron chi connectivity index (χ0n) is 12.0. The van der Waals surface area contributed by atoms with E-state index in [4.69, 9.17) is 17.3 Å². The summed E-state index contributed by atoms with van der Waals surface area (Å²) in [6, 6.07) is 8.76. The minimum absolute atomic E-state index is 0.472. The fourth-order valence-electron chi connectivity index (χ4n) is 3.19. The zero-order valence-corrected chi connectivity index (χ0v) is 12.7. The Labute approximate surface area is 121 Å². The Morgan fingerprint density at radius 3 is 2.89 bits per heavy atom. The highest BCUT2D eigenvalue weighted by Gasteiger charge is 2.29. The van der Waals surface area contributed by atoms with Gasteiger partial charge in [0.1, 0.15) is 0 Å². The molecule has 2 rings (SSSR count). The molecule has 3 unspecified atom stereocenters. The van der Waals surface area contributed by atoms with E-state index in [0.717, 1.165) is 30.5 Å². The van der Waals surface area contributed by atoms with E-state index >= 15 is 0 Å². The van der Waals surface area contributed by atoms with Gasteiger partial charge in [0.15, 0.2) is 0 Å². The number of likely N-dealkylation sites (tertiary alicyclic amines) is 1. The topological polar surface area (TPSA) is 29.3 Å². The first-order valence-corrected chi connectivity index (χ1v) is 7.73. The van der Waals surface area contributed by atoms with E-state index < -0.39 is 0 Å².